The lowest BCUT2D eigenvalue weighted by molar-refractivity contribution is 0.1000. The van der Waals surface area contributed by atoms with Gasteiger partial charge >= 0.3 is 0 Å². The highest BCUT2D eigenvalue weighted by molar-refractivity contribution is 5.98. The van der Waals surface area contributed by atoms with Crippen LogP contribution in [0.3, 0.4) is 0 Å². The van der Waals surface area contributed by atoms with Crippen molar-refractivity contribution in [3.63, 3.8) is 0 Å². The molecule has 9 heteroatoms. The van der Waals surface area contributed by atoms with Crippen LogP contribution in [-0.2, 0) is 5.54 Å². The van der Waals surface area contributed by atoms with Crippen LogP contribution in [0.15, 0.2) is 30.5 Å². The molecular weight excluding hydrogens is 363 g/mol. The first-order valence-corrected chi connectivity index (χ1v) is 9.44. The minimum atomic E-state index is -0.596. The molecular formula is C19H27FN6O2. The third-order valence-electron chi connectivity index (χ3n) is 5.41. The van der Waals surface area contributed by atoms with Gasteiger partial charge in [-0.3, -0.25) is 9.48 Å². The van der Waals surface area contributed by atoms with Crippen molar-refractivity contribution in [1.82, 2.24) is 15.1 Å². The van der Waals surface area contributed by atoms with Gasteiger partial charge in [0.15, 0.2) is 5.82 Å². The van der Waals surface area contributed by atoms with Crippen LogP contribution >= 0.6 is 0 Å². The van der Waals surface area contributed by atoms with Crippen molar-refractivity contribution in [2.45, 2.75) is 37.3 Å². The molecule has 1 aliphatic carbocycles. The first-order chi connectivity index (χ1) is 13.5. The molecule has 1 heterocycles. The summed E-state index contributed by atoms with van der Waals surface area (Å²) in [6.07, 6.45) is 5.01. The van der Waals surface area contributed by atoms with E-state index in [1.165, 1.54) is 12.1 Å². The number of nitrogens with one attached hydrogen (secondary N) is 2. The number of carbonyl (C=O) groups is 1. The molecule has 1 fully saturated rings. The van der Waals surface area contributed by atoms with E-state index in [4.69, 9.17) is 16.6 Å². The zero-order valence-electron chi connectivity index (χ0n) is 15.7. The molecule has 152 valence electrons. The van der Waals surface area contributed by atoms with E-state index in [2.05, 4.69) is 15.7 Å². The smallest absolute Gasteiger partial charge is 0.254 e. The summed E-state index contributed by atoms with van der Waals surface area (Å²) in [5.74, 6) is -0.617. The van der Waals surface area contributed by atoms with Gasteiger partial charge in [0.2, 0.25) is 0 Å². The number of halogens is 1. The molecule has 3 rings (SSSR count). The van der Waals surface area contributed by atoms with Crippen LogP contribution in [0.1, 0.15) is 36.0 Å². The van der Waals surface area contributed by atoms with Gasteiger partial charge in [-0.25, -0.2) is 4.39 Å². The number of aliphatic hydroxyl groups is 1. The van der Waals surface area contributed by atoms with Crippen molar-refractivity contribution in [1.29, 1.82) is 0 Å². The van der Waals surface area contributed by atoms with Crippen molar-refractivity contribution < 1.29 is 14.3 Å². The minimum absolute atomic E-state index is 0.109. The average molecular weight is 390 g/mol. The predicted molar refractivity (Wildman–Crippen MR) is 105 cm³/mol. The van der Waals surface area contributed by atoms with Gasteiger partial charge in [-0.15, -0.1) is 0 Å². The van der Waals surface area contributed by atoms with Gasteiger partial charge in [-0.1, -0.05) is 0 Å². The molecule has 1 aromatic heterocycles. The fourth-order valence-electron chi connectivity index (χ4n) is 3.71. The lowest BCUT2D eigenvalue weighted by atomic mass is 9.79. The monoisotopic (exact) mass is 390 g/mol. The number of nitrogens with two attached hydrogens (primary N) is 2. The standard InChI is InChI=1S/C19H27FN6O2/c20-13-1-3-15(4-2-13)24-18-16(17(22)28)11-26(25-18)19(12-21)7-5-14(6-8-19)23-9-10-27/h1-4,11,14,23,27H,5-10,12,21H2,(H2,22,28)(H,24,25). The van der Waals surface area contributed by atoms with Gasteiger partial charge in [-0.05, 0) is 49.9 Å². The number of nitrogens with zero attached hydrogens (tertiary/aromatic N) is 2. The average Bonchev–Trinajstić information content (AvgIpc) is 3.13. The van der Waals surface area contributed by atoms with Crippen molar-refractivity contribution in [2.24, 2.45) is 11.5 Å². The van der Waals surface area contributed by atoms with Crippen molar-refractivity contribution in [3.8, 4) is 0 Å². The van der Waals surface area contributed by atoms with Crippen LogP contribution in [0, 0.1) is 5.82 Å². The van der Waals surface area contributed by atoms with E-state index >= 15 is 0 Å². The van der Waals surface area contributed by atoms with Crippen molar-refractivity contribution in [2.75, 3.05) is 25.0 Å². The molecule has 7 N–H and O–H groups in total. The molecule has 0 aliphatic heterocycles. The maximum Gasteiger partial charge on any atom is 0.254 e. The molecule has 8 nitrogen and oxygen atoms in total. The van der Waals surface area contributed by atoms with Crippen molar-refractivity contribution >= 4 is 17.4 Å². The SMILES string of the molecule is NCC1(n2cc(C(N)=O)c(Nc3ccc(F)cc3)n2)CCC(NCCO)CC1. The van der Waals surface area contributed by atoms with Gasteiger partial charge in [0.05, 0.1) is 12.1 Å². The molecule has 1 amide bonds. The summed E-state index contributed by atoms with van der Waals surface area (Å²) in [7, 11) is 0. The van der Waals surface area contributed by atoms with E-state index in [1.54, 1.807) is 23.0 Å². The summed E-state index contributed by atoms with van der Waals surface area (Å²) < 4.78 is 14.9. The van der Waals surface area contributed by atoms with E-state index in [0.717, 1.165) is 25.7 Å². The number of amides is 1. The maximum absolute atomic E-state index is 13.1. The second kappa shape index (κ2) is 8.68. The Bertz CT molecular complexity index is 799. The first-order valence-electron chi connectivity index (χ1n) is 9.44. The first kappa shape index (κ1) is 20.2. The molecule has 0 unspecified atom stereocenters. The molecule has 0 bridgehead atoms. The highest BCUT2D eigenvalue weighted by Gasteiger charge is 2.37. The molecule has 0 spiro atoms. The Morgan fingerprint density at radius 1 is 1.32 bits per heavy atom. The number of rotatable bonds is 8. The number of benzene rings is 1. The van der Waals surface area contributed by atoms with Gasteiger partial charge in [0.25, 0.3) is 5.91 Å². The molecule has 0 saturated heterocycles. The number of aliphatic hydroxyl groups excluding tert-OH is 1. The lowest BCUT2D eigenvalue weighted by Gasteiger charge is -2.40. The van der Waals surface area contributed by atoms with Gasteiger partial charge in [0.1, 0.15) is 11.4 Å². The summed E-state index contributed by atoms with van der Waals surface area (Å²) in [6.45, 7) is 1.06. The molecule has 0 radical (unpaired) electrons. The Labute approximate surface area is 163 Å². The zero-order chi connectivity index (χ0) is 20.1. The third-order valence-corrected chi connectivity index (χ3v) is 5.41. The molecule has 28 heavy (non-hydrogen) atoms. The van der Waals surface area contributed by atoms with Crippen LogP contribution in [0.5, 0.6) is 0 Å². The topological polar surface area (TPSA) is 131 Å². The molecule has 0 atom stereocenters. The minimum Gasteiger partial charge on any atom is -0.395 e. The molecule has 1 saturated carbocycles. The molecule has 1 aromatic carbocycles. The second-order valence-electron chi connectivity index (χ2n) is 7.21. The number of carbonyl (C=O) groups excluding carboxylic acids is 1. The highest BCUT2D eigenvalue weighted by atomic mass is 19.1. The molecule has 2 aromatic rings. The number of aromatic nitrogens is 2. The van der Waals surface area contributed by atoms with E-state index in [1.807, 2.05) is 0 Å². The Kier molecular flexibility index (Phi) is 6.28. The fourth-order valence-corrected chi connectivity index (χ4v) is 3.71. The summed E-state index contributed by atoms with van der Waals surface area (Å²) in [5.41, 5.74) is 12.1. The Hall–Kier alpha value is -2.49. The Balaban J connectivity index is 1.83. The van der Waals surface area contributed by atoms with Crippen LogP contribution < -0.4 is 22.1 Å². The third kappa shape index (κ3) is 4.32. The molecule has 1 aliphatic rings. The number of hydrogen-bond donors (Lipinski definition) is 5. The lowest BCUT2D eigenvalue weighted by Crippen LogP contribution is -2.48. The van der Waals surface area contributed by atoms with Gasteiger partial charge in [0, 0.05) is 31.0 Å². The fraction of sp³-hybridized carbons (Fsp3) is 0.474. The zero-order valence-corrected chi connectivity index (χ0v) is 15.7. The van der Waals surface area contributed by atoms with E-state index < -0.39 is 11.4 Å². The van der Waals surface area contributed by atoms with Gasteiger partial charge in [-0.2, -0.15) is 5.10 Å². The van der Waals surface area contributed by atoms with Crippen LogP contribution in [0.2, 0.25) is 0 Å². The van der Waals surface area contributed by atoms with Crippen LogP contribution in [0.4, 0.5) is 15.9 Å². The summed E-state index contributed by atoms with van der Waals surface area (Å²) >= 11 is 0. The van der Waals surface area contributed by atoms with E-state index in [-0.39, 0.29) is 18.0 Å². The van der Waals surface area contributed by atoms with E-state index in [0.29, 0.717) is 30.6 Å². The van der Waals surface area contributed by atoms with Crippen LogP contribution in [-0.4, -0.2) is 46.5 Å². The second-order valence-corrected chi connectivity index (χ2v) is 7.21. The number of hydrogen-bond acceptors (Lipinski definition) is 6. The largest absolute Gasteiger partial charge is 0.395 e. The summed E-state index contributed by atoms with van der Waals surface area (Å²) in [4.78, 5) is 11.9. The highest BCUT2D eigenvalue weighted by Crippen LogP contribution is 2.35. The van der Waals surface area contributed by atoms with Crippen LogP contribution in [0.25, 0.3) is 0 Å². The Morgan fingerprint density at radius 3 is 2.57 bits per heavy atom. The Morgan fingerprint density at radius 2 is 2.00 bits per heavy atom. The normalized spacial score (nSPS) is 22.2. The summed E-state index contributed by atoms with van der Waals surface area (Å²) in [5, 5.41) is 19.9. The number of anilines is 2. The van der Waals surface area contributed by atoms with Gasteiger partial charge < -0.3 is 27.2 Å². The summed E-state index contributed by atoms with van der Waals surface area (Å²) in [6, 6.07) is 6.11. The van der Waals surface area contributed by atoms with Crippen molar-refractivity contribution in [3.05, 3.63) is 41.8 Å². The maximum atomic E-state index is 13.1. The van der Waals surface area contributed by atoms with E-state index in [9.17, 15) is 9.18 Å². The predicted octanol–water partition coefficient (Wildman–Crippen LogP) is 1.04. The number of primary amides is 1. The quantitative estimate of drug-likeness (QED) is 0.458.